The molecule has 35 heavy (non-hydrogen) atoms. The topological polar surface area (TPSA) is 90.5 Å². The molecule has 5 rings (SSSR count). The van der Waals surface area contributed by atoms with Crippen LogP contribution >= 0.6 is 0 Å². The van der Waals surface area contributed by atoms with Crippen LogP contribution in [0.5, 0.6) is 5.75 Å². The van der Waals surface area contributed by atoms with Gasteiger partial charge in [0.2, 0.25) is 11.7 Å². The van der Waals surface area contributed by atoms with E-state index in [2.05, 4.69) is 15.5 Å². The first-order valence-electron chi connectivity index (χ1n) is 11.4. The molecule has 0 atom stereocenters. The van der Waals surface area contributed by atoms with E-state index in [1.165, 1.54) is 0 Å². The van der Waals surface area contributed by atoms with Gasteiger partial charge in [0.05, 0.1) is 24.6 Å². The normalized spacial score (nSPS) is 11.1. The van der Waals surface area contributed by atoms with Gasteiger partial charge in [-0.05, 0) is 48.9 Å². The number of aromatic nitrogens is 4. The Morgan fingerprint density at radius 1 is 0.971 bits per heavy atom. The maximum absolute atomic E-state index is 13.3. The van der Waals surface area contributed by atoms with Gasteiger partial charge < -0.3 is 10.1 Å². The average molecular weight is 468 g/mol. The SMILES string of the molecule is COc1ccc(NC(=O)CCc2nnc3n(Cc4ccc(C)cc4)c(=O)c4ccccc4n23)cc1. The molecule has 0 aliphatic rings. The van der Waals surface area contributed by atoms with Crippen LogP contribution < -0.4 is 15.6 Å². The van der Waals surface area contributed by atoms with E-state index in [4.69, 9.17) is 4.74 Å². The van der Waals surface area contributed by atoms with E-state index in [-0.39, 0.29) is 17.9 Å². The molecule has 2 heterocycles. The molecule has 0 aliphatic carbocycles. The third-order valence-electron chi connectivity index (χ3n) is 5.99. The fourth-order valence-corrected chi connectivity index (χ4v) is 4.12. The molecule has 0 saturated carbocycles. The monoisotopic (exact) mass is 467 g/mol. The van der Waals surface area contributed by atoms with Crippen LogP contribution in [0.15, 0.2) is 77.6 Å². The van der Waals surface area contributed by atoms with E-state index in [9.17, 15) is 9.59 Å². The van der Waals surface area contributed by atoms with Gasteiger partial charge in [0.15, 0.2) is 0 Å². The summed E-state index contributed by atoms with van der Waals surface area (Å²) in [5, 5.41) is 12.2. The second-order valence-electron chi connectivity index (χ2n) is 8.42. The third-order valence-corrected chi connectivity index (χ3v) is 5.99. The minimum absolute atomic E-state index is 0.120. The second kappa shape index (κ2) is 9.42. The fourth-order valence-electron chi connectivity index (χ4n) is 4.12. The van der Waals surface area contributed by atoms with Crippen LogP contribution in [0.2, 0.25) is 0 Å². The van der Waals surface area contributed by atoms with Crippen molar-refractivity contribution in [3.05, 3.63) is 100 Å². The van der Waals surface area contributed by atoms with Crippen molar-refractivity contribution < 1.29 is 9.53 Å². The van der Waals surface area contributed by atoms with Crippen LogP contribution in [0, 0.1) is 6.92 Å². The van der Waals surface area contributed by atoms with Crippen molar-refractivity contribution in [2.24, 2.45) is 0 Å². The summed E-state index contributed by atoms with van der Waals surface area (Å²) in [6, 6.07) is 22.6. The van der Waals surface area contributed by atoms with E-state index < -0.39 is 0 Å². The molecule has 1 amide bonds. The van der Waals surface area contributed by atoms with Crippen molar-refractivity contribution in [3.63, 3.8) is 0 Å². The van der Waals surface area contributed by atoms with Gasteiger partial charge in [0.25, 0.3) is 5.56 Å². The Bertz CT molecular complexity index is 1570. The molecule has 0 unspecified atom stereocenters. The molecule has 0 radical (unpaired) electrons. The number of ether oxygens (including phenoxy) is 1. The molecule has 0 spiro atoms. The Balaban J connectivity index is 1.46. The molecule has 1 N–H and O–H groups in total. The van der Waals surface area contributed by atoms with Gasteiger partial charge >= 0.3 is 0 Å². The maximum Gasteiger partial charge on any atom is 0.263 e. The van der Waals surface area contributed by atoms with Crippen molar-refractivity contribution in [2.45, 2.75) is 26.3 Å². The van der Waals surface area contributed by atoms with Crippen molar-refractivity contribution in [3.8, 4) is 5.75 Å². The summed E-state index contributed by atoms with van der Waals surface area (Å²) in [5.41, 5.74) is 3.45. The molecule has 0 saturated heterocycles. The smallest absolute Gasteiger partial charge is 0.263 e. The zero-order valence-corrected chi connectivity index (χ0v) is 19.6. The van der Waals surface area contributed by atoms with Gasteiger partial charge in [0, 0.05) is 18.5 Å². The number of nitrogens with zero attached hydrogens (tertiary/aromatic N) is 4. The molecule has 0 bridgehead atoms. The number of carbonyl (C=O) groups excluding carboxylic acids is 1. The minimum Gasteiger partial charge on any atom is -0.497 e. The molecule has 3 aromatic carbocycles. The summed E-state index contributed by atoms with van der Waals surface area (Å²) >= 11 is 0. The fraction of sp³-hybridized carbons (Fsp3) is 0.185. The average Bonchev–Trinajstić information content (AvgIpc) is 3.31. The molecular weight excluding hydrogens is 442 g/mol. The zero-order chi connectivity index (χ0) is 24.4. The lowest BCUT2D eigenvalue weighted by Crippen LogP contribution is -2.24. The van der Waals surface area contributed by atoms with Crippen LogP contribution in [0.4, 0.5) is 5.69 Å². The van der Waals surface area contributed by atoms with Crippen LogP contribution in [0.3, 0.4) is 0 Å². The summed E-state index contributed by atoms with van der Waals surface area (Å²) < 4.78 is 8.67. The second-order valence-corrected chi connectivity index (χ2v) is 8.42. The number of para-hydroxylation sites is 1. The van der Waals surface area contributed by atoms with Crippen molar-refractivity contribution >= 4 is 28.3 Å². The third kappa shape index (κ3) is 4.50. The number of carbonyl (C=O) groups is 1. The standard InChI is InChI=1S/C27H25N5O3/c1-18-7-9-19(10-8-18)17-31-26(34)22-5-3-4-6-23(22)32-24(29-30-27(31)32)15-16-25(33)28-20-11-13-21(35-2)14-12-20/h3-14H,15-17H2,1-2H3,(H,28,33). The number of hydrogen-bond acceptors (Lipinski definition) is 5. The van der Waals surface area contributed by atoms with E-state index in [1.54, 1.807) is 35.9 Å². The lowest BCUT2D eigenvalue weighted by molar-refractivity contribution is -0.116. The largest absolute Gasteiger partial charge is 0.497 e. The summed E-state index contributed by atoms with van der Waals surface area (Å²) in [6.45, 7) is 2.41. The summed E-state index contributed by atoms with van der Waals surface area (Å²) in [4.78, 5) is 25.9. The molecule has 5 aromatic rings. The number of anilines is 1. The number of rotatable bonds is 7. The maximum atomic E-state index is 13.3. The number of methoxy groups -OCH3 is 1. The Morgan fingerprint density at radius 3 is 2.46 bits per heavy atom. The number of fused-ring (bicyclic) bond motifs is 3. The van der Waals surface area contributed by atoms with Gasteiger partial charge in [-0.3, -0.25) is 18.6 Å². The number of hydrogen-bond donors (Lipinski definition) is 1. The quantitative estimate of drug-likeness (QED) is 0.391. The van der Waals surface area contributed by atoms with Gasteiger partial charge in [-0.25, -0.2) is 0 Å². The lowest BCUT2D eigenvalue weighted by Gasteiger charge is -2.12. The van der Waals surface area contributed by atoms with Gasteiger partial charge in [-0.15, -0.1) is 10.2 Å². The van der Waals surface area contributed by atoms with Crippen molar-refractivity contribution in [2.75, 3.05) is 12.4 Å². The number of amides is 1. The number of aryl methyl sites for hydroxylation is 2. The molecule has 176 valence electrons. The van der Waals surface area contributed by atoms with Gasteiger partial charge in [-0.1, -0.05) is 42.0 Å². The zero-order valence-electron chi connectivity index (χ0n) is 19.6. The van der Waals surface area contributed by atoms with E-state index in [0.717, 1.165) is 22.4 Å². The van der Waals surface area contributed by atoms with Crippen LogP contribution in [0.1, 0.15) is 23.4 Å². The molecule has 8 nitrogen and oxygen atoms in total. The Labute approximate surface area is 201 Å². The summed E-state index contributed by atoms with van der Waals surface area (Å²) in [7, 11) is 1.60. The van der Waals surface area contributed by atoms with Crippen molar-refractivity contribution in [1.29, 1.82) is 0 Å². The van der Waals surface area contributed by atoms with Gasteiger partial charge in [0.1, 0.15) is 11.6 Å². The number of nitrogens with one attached hydrogen (secondary N) is 1. The molecule has 2 aromatic heterocycles. The predicted octanol–water partition coefficient (Wildman–Crippen LogP) is 3.98. The number of benzene rings is 3. The summed E-state index contributed by atoms with van der Waals surface area (Å²) in [5.74, 6) is 1.67. The van der Waals surface area contributed by atoms with E-state index >= 15 is 0 Å². The van der Waals surface area contributed by atoms with Crippen molar-refractivity contribution in [1.82, 2.24) is 19.2 Å². The molecular formula is C27H25N5O3. The Kier molecular flexibility index (Phi) is 6.01. The minimum atomic E-state index is -0.135. The van der Waals surface area contributed by atoms with E-state index in [1.807, 2.05) is 59.9 Å². The highest BCUT2D eigenvalue weighted by molar-refractivity contribution is 5.90. The van der Waals surface area contributed by atoms with Gasteiger partial charge in [-0.2, -0.15) is 0 Å². The molecule has 0 fully saturated rings. The first kappa shape index (κ1) is 22.3. The Morgan fingerprint density at radius 2 is 1.71 bits per heavy atom. The highest BCUT2D eigenvalue weighted by Gasteiger charge is 2.17. The first-order chi connectivity index (χ1) is 17.0. The molecule has 0 aliphatic heterocycles. The van der Waals surface area contributed by atoms with Crippen LogP contribution in [-0.2, 0) is 17.8 Å². The lowest BCUT2D eigenvalue weighted by atomic mass is 10.1. The predicted molar refractivity (Wildman–Crippen MR) is 135 cm³/mol. The first-order valence-corrected chi connectivity index (χ1v) is 11.4. The Hall–Kier alpha value is -4.46. The highest BCUT2D eigenvalue weighted by Crippen LogP contribution is 2.18. The van der Waals surface area contributed by atoms with E-state index in [0.29, 0.717) is 35.6 Å². The highest BCUT2D eigenvalue weighted by atomic mass is 16.5. The molecule has 8 heteroatoms. The van der Waals surface area contributed by atoms with Crippen LogP contribution in [0.25, 0.3) is 16.7 Å². The van der Waals surface area contributed by atoms with Crippen LogP contribution in [-0.4, -0.2) is 32.2 Å². The summed E-state index contributed by atoms with van der Waals surface area (Å²) in [6.07, 6.45) is 0.591.